The molecular weight excluding hydrogens is 344 g/mol. The quantitative estimate of drug-likeness (QED) is 0.856. The number of aliphatic hydroxyl groups excluding tert-OH is 1. The van der Waals surface area contributed by atoms with E-state index in [0.717, 1.165) is 62.8 Å². The van der Waals surface area contributed by atoms with Gasteiger partial charge in [0.2, 0.25) is 5.89 Å². The van der Waals surface area contributed by atoms with Gasteiger partial charge in [0, 0.05) is 38.2 Å². The van der Waals surface area contributed by atoms with E-state index in [4.69, 9.17) is 4.52 Å². The van der Waals surface area contributed by atoms with Gasteiger partial charge in [-0.1, -0.05) is 19.0 Å². The molecule has 2 fully saturated rings. The first-order valence-electron chi connectivity index (χ1n) is 9.93. The molecule has 2 atom stereocenters. The summed E-state index contributed by atoms with van der Waals surface area (Å²) in [6.07, 6.45) is 5.86. The molecule has 2 aliphatic heterocycles. The van der Waals surface area contributed by atoms with Crippen LogP contribution in [0.15, 0.2) is 16.9 Å². The van der Waals surface area contributed by atoms with Crippen molar-refractivity contribution in [2.75, 3.05) is 36.0 Å². The summed E-state index contributed by atoms with van der Waals surface area (Å²) in [6.45, 7) is 7.08. The van der Waals surface area contributed by atoms with Crippen molar-refractivity contribution in [1.29, 1.82) is 0 Å². The van der Waals surface area contributed by atoms with Crippen LogP contribution in [-0.4, -0.2) is 51.5 Å². The van der Waals surface area contributed by atoms with Crippen molar-refractivity contribution >= 4 is 11.6 Å². The monoisotopic (exact) mass is 372 g/mol. The van der Waals surface area contributed by atoms with Crippen LogP contribution in [0.25, 0.3) is 0 Å². The van der Waals surface area contributed by atoms with E-state index in [9.17, 15) is 5.11 Å². The Morgan fingerprint density at radius 3 is 2.78 bits per heavy atom. The summed E-state index contributed by atoms with van der Waals surface area (Å²) >= 11 is 0. The van der Waals surface area contributed by atoms with Gasteiger partial charge < -0.3 is 19.4 Å². The Hall–Kier alpha value is -2.22. The van der Waals surface area contributed by atoms with Crippen LogP contribution in [0.1, 0.15) is 63.2 Å². The van der Waals surface area contributed by atoms with Gasteiger partial charge in [-0.3, -0.25) is 0 Å². The first-order valence-corrected chi connectivity index (χ1v) is 9.93. The summed E-state index contributed by atoms with van der Waals surface area (Å²) in [6, 6.07) is 2.15. The maximum absolute atomic E-state index is 9.49. The topological polar surface area (TPSA) is 91.4 Å². The molecule has 1 N–H and O–H groups in total. The fourth-order valence-corrected chi connectivity index (χ4v) is 4.02. The second-order valence-corrected chi connectivity index (χ2v) is 7.87. The second kappa shape index (κ2) is 7.80. The third-order valence-electron chi connectivity index (χ3n) is 5.54. The van der Waals surface area contributed by atoms with E-state index in [1.807, 2.05) is 0 Å². The largest absolute Gasteiger partial charge is 0.396 e. The van der Waals surface area contributed by atoms with Crippen LogP contribution in [-0.2, 0) is 0 Å². The molecule has 0 aliphatic carbocycles. The molecule has 0 saturated carbocycles. The summed E-state index contributed by atoms with van der Waals surface area (Å²) in [5.74, 6) is 3.82. The van der Waals surface area contributed by atoms with Gasteiger partial charge in [-0.15, -0.1) is 0 Å². The maximum Gasteiger partial charge on any atom is 0.229 e. The van der Waals surface area contributed by atoms with Crippen molar-refractivity contribution in [3.63, 3.8) is 0 Å². The van der Waals surface area contributed by atoms with Gasteiger partial charge in [0.25, 0.3) is 0 Å². The molecule has 27 heavy (non-hydrogen) atoms. The van der Waals surface area contributed by atoms with Crippen LogP contribution in [0.2, 0.25) is 0 Å². The average Bonchev–Trinajstić information content (AvgIpc) is 3.37. The van der Waals surface area contributed by atoms with Crippen molar-refractivity contribution in [3.8, 4) is 0 Å². The molecule has 2 unspecified atom stereocenters. The highest BCUT2D eigenvalue weighted by Crippen LogP contribution is 2.35. The standard InChI is InChI=1S/C19H28N6O2/c1-13(2)19-22-18(23-27-19)15-6-4-8-25(15)17-9-16(20-12-21-17)24-7-3-5-14(10-24)11-26/h9,12-15,26H,3-8,10-11H2,1-2H3. The molecule has 2 aromatic rings. The molecule has 0 spiro atoms. The predicted molar refractivity (Wildman–Crippen MR) is 102 cm³/mol. The van der Waals surface area contributed by atoms with Crippen LogP contribution < -0.4 is 9.80 Å². The molecule has 0 bridgehead atoms. The molecule has 0 radical (unpaired) electrons. The fourth-order valence-electron chi connectivity index (χ4n) is 4.02. The highest BCUT2D eigenvalue weighted by Gasteiger charge is 2.32. The van der Waals surface area contributed by atoms with Crippen LogP contribution in [0.3, 0.4) is 0 Å². The van der Waals surface area contributed by atoms with E-state index in [0.29, 0.717) is 11.8 Å². The molecule has 146 valence electrons. The minimum Gasteiger partial charge on any atom is -0.396 e. The molecule has 4 rings (SSSR count). The predicted octanol–water partition coefficient (Wildman–Crippen LogP) is 2.53. The normalized spacial score (nSPS) is 23.4. The van der Waals surface area contributed by atoms with Crippen molar-refractivity contribution in [2.45, 2.75) is 51.5 Å². The summed E-state index contributed by atoms with van der Waals surface area (Å²) in [4.78, 5) is 18.1. The molecule has 2 aliphatic rings. The lowest BCUT2D eigenvalue weighted by atomic mass is 9.99. The highest BCUT2D eigenvalue weighted by molar-refractivity contribution is 5.52. The third-order valence-corrected chi connectivity index (χ3v) is 5.54. The van der Waals surface area contributed by atoms with Crippen molar-refractivity contribution in [2.24, 2.45) is 5.92 Å². The van der Waals surface area contributed by atoms with Gasteiger partial charge in [-0.2, -0.15) is 4.98 Å². The van der Waals surface area contributed by atoms with E-state index < -0.39 is 0 Å². The van der Waals surface area contributed by atoms with Crippen molar-refractivity contribution in [1.82, 2.24) is 20.1 Å². The Balaban J connectivity index is 1.55. The zero-order chi connectivity index (χ0) is 18.8. The number of anilines is 2. The molecule has 2 aromatic heterocycles. The van der Waals surface area contributed by atoms with E-state index in [-0.39, 0.29) is 18.6 Å². The maximum atomic E-state index is 9.49. The molecule has 8 heteroatoms. The lowest BCUT2D eigenvalue weighted by Crippen LogP contribution is -2.37. The zero-order valence-electron chi connectivity index (χ0n) is 16.1. The highest BCUT2D eigenvalue weighted by atomic mass is 16.5. The Morgan fingerprint density at radius 2 is 2.00 bits per heavy atom. The SMILES string of the molecule is CC(C)c1nc(C2CCCN2c2cc(N3CCCC(CO)C3)ncn2)no1. The van der Waals surface area contributed by atoms with Crippen molar-refractivity contribution in [3.05, 3.63) is 24.1 Å². The molecule has 2 saturated heterocycles. The Morgan fingerprint density at radius 1 is 1.19 bits per heavy atom. The number of aromatic nitrogens is 4. The van der Waals surface area contributed by atoms with Gasteiger partial charge in [-0.05, 0) is 31.6 Å². The number of hydrogen-bond acceptors (Lipinski definition) is 8. The Bertz CT molecular complexity index is 764. The summed E-state index contributed by atoms with van der Waals surface area (Å²) in [5, 5.41) is 13.7. The minimum absolute atomic E-state index is 0.0931. The van der Waals surface area contributed by atoms with Crippen LogP contribution in [0.4, 0.5) is 11.6 Å². The number of rotatable bonds is 5. The zero-order valence-corrected chi connectivity index (χ0v) is 16.1. The van der Waals surface area contributed by atoms with E-state index in [1.54, 1.807) is 6.33 Å². The lowest BCUT2D eigenvalue weighted by Gasteiger charge is -2.33. The number of aliphatic hydroxyl groups is 1. The summed E-state index contributed by atoms with van der Waals surface area (Å²) in [5.41, 5.74) is 0. The van der Waals surface area contributed by atoms with Gasteiger partial charge in [0.05, 0.1) is 6.04 Å². The first-order chi connectivity index (χ1) is 13.2. The lowest BCUT2D eigenvalue weighted by molar-refractivity contribution is 0.208. The van der Waals surface area contributed by atoms with E-state index in [2.05, 4.69) is 49.8 Å². The summed E-state index contributed by atoms with van der Waals surface area (Å²) in [7, 11) is 0. The van der Waals surface area contributed by atoms with Crippen molar-refractivity contribution < 1.29 is 9.63 Å². The molecule has 4 heterocycles. The number of nitrogens with zero attached hydrogens (tertiary/aromatic N) is 6. The Kier molecular flexibility index (Phi) is 5.24. The summed E-state index contributed by atoms with van der Waals surface area (Å²) < 4.78 is 5.41. The van der Waals surface area contributed by atoms with Gasteiger partial charge in [0.15, 0.2) is 5.82 Å². The van der Waals surface area contributed by atoms with E-state index in [1.165, 1.54) is 0 Å². The second-order valence-electron chi connectivity index (χ2n) is 7.87. The third kappa shape index (κ3) is 3.76. The van der Waals surface area contributed by atoms with Gasteiger partial charge in [-0.25, -0.2) is 9.97 Å². The molecule has 8 nitrogen and oxygen atoms in total. The van der Waals surface area contributed by atoms with Crippen LogP contribution >= 0.6 is 0 Å². The minimum atomic E-state index is 0.0931. The van der Waals surface area contributed by atoms with Gasteiger partial charge >= 0.3 is 0 Å². The number of hydrogen-bond donors (Lipinski definition) is 1. The van der Waals surface area contributed by atoms with Gasteiger partial charge in [0.1, 0.15) is 18.0 Å². The van der Waals surface area contributed by atoms with E-state index >= 15 is 0 Å². The first kappa shape index (κ1) is 18.2. The average molecular weight is 372 g/mol. The fraction of sp³-hybridized carbons (Fsp3) is 0.684. The molecular formula is C19H28N6O2. The van der Waals surface area contributed by atoms with Crippen LogP contribution in [0, 0.1) is 5.92 Å². The Labute approximate surface area is 159 Å². The smallest absolute Gasteiger partial charge is 0.229 e. The number of piperidine rings is 1. The van der Waals surface area contributed by atoms with Crippen LogP contribution in [0.5, 0.6) is 0 Å². The molecule has 0 aromatic carbocycles. The molecule has 0 amide bonds.